The third kappa shape index (κ3) is 4.84. The third-order valence-corrected chi connectivity index (χ3v) is 7.08. The molecule has 0 radical (unpaired) electrons. The van der Waals surface area contributed by atoms with Crippen LogP contribution >= 0.6 is 0 Å². The zero-order valence-electron chi connectivity index (χ0n) is 21.7. The van der Waals surface area contributed by atoms with Crippen molar-refractivity contribution in [1.29, 1.82) is 5.26 Å². The largest absolute Gasteiger partial charge is 0.345 e. The summed E-state index contributed by atoms with van der Waals surface area (Å²) >= 11 is 0. The average molecular weight is 502 g/mol. The minimum absolute atomic E-state index is 0.649. The average Bonchev–Trinajstić information content (AvgIpc) is 3.02. The molecule has 3 nitrogen and oxygen atoms in total. The first-order valence-corrected chi connectivity index (χ1v) is 13.0. The Morgan fingerprint density at radius 1 is 0.513 bits per heavy atom. The van der Waals surface area contributed by atoms with Gasteiger partial charge in [0.15, 0.2) is 0 Å². The summed E-state index contributed by atoms with van der Waals surface area (Å²) in [6, 6.07) is 52.7. The maximum absolute atomic E-state index is 9.32. The third-order valence-electron chi connectivity index (χ3n) is 7.08. The molecule has 6 rings (SSSR count). The molecule has 0 fully saturated rings. The van der Waals surface area contributed by atoms with Crippen LogP contribution in [0.25, 0.3) is 21.9 Å². The summed E-state index contributed by atoms with van der Waals surface area (Å²) in [5.74, 6) is 0. The Balaban J connectivity index is 1.46. The lowest BCUT2D eigenvalue weighted by molar-refractivity contribution is 1.20. The van der Waals surface area contributed by atoms with Crippen LogP contribution in [0.1, 0.15) is 5.56 Å². The van der Waals surface area contributed by atoms with Gasteiger partial charge in [0.2, 0.25) is 0 Å². The van der Waals surface area contributed by atoms with E-state index in [2.05, 4.69) is 131 Å². The molecule has 0 bridgehead atoms. The monoisotopic (exact) mass is 501 g/mol. The molecule has 0 aliphatic rings. The molecule has 6 aromatic carbocycles. The summed E-state index contributed by atoms with van der Waals surface area (Å²) in [5.41, 5.74) is 8.32. The Morgan fingerprint density at radius 3 is 1.97 bits per heavy atom. The van der Waals surface area contributed by atoms with Gasteiger partial charge in [0.25, 0.3) is 0 Å². The van der Waals surface area contributed by atoms with Gasteiger partial charge in [0.1, 0.15) is 0 Å². The van der Waals surface area contributed by atoms with Crippen molar-refractivity contribution in [3.8, 4) is 17.2 Å². The zero-order valence-corrected chi connectivity index (χ0v) is 21.7. The zero-order chi connectivity index (χ0) is 26.6. The minimum Gasteiger partial charge on any atom is -0.345 e. The summed E-state index contributed by atoms with van der Waals surface area (Å²) in [7, 11) is 2.03. The predicted octanol–water partition coefficient (Wildman–Crippen LogP) is 9.62. The molecule has 39 heavy (non-hydrogen) atoms. The number of hydrogen-bond acceptors (Lipinski definition) is 3. The highest BCUT2D eigenvalue weighted by atomic mass is 15.1. The van der Waals surface area contributed by atoms with E-state index in [4.69, 9.17) is 0 Å². The number of nitrogens with zero attached hydrogens (tertiary/aromatic N) is 3. The normalized spacial score (nSPS) is 10.7. The first-order chi connectivity index (χ1) is 19.2. The van der Waals surface area contributed by atoms with Gasteiger partial charge in [-0.2, -0.15) is 5.26 Å². The first kappa shape index (κ1) is 24.0. The molecule has 0 spiro atoms. The number of nitriles is 1. The second-order valence-corrected chi connectivity index (χ2v) is 9.49. The summed E-state index contributed by atoms with van der Waals surface area (Å²) in [6.45, 7) is 0. The van der Waals surface area contributed by atoms with Crippen LogP contribution in [0, 0.1) is 11.3 Å². The second-order valence-electron chi connectivity index (χ2n) is 9.49. The summed E-state index contributed by atoms with van der Waals surface area (Å²) in [5, 5.41) is 11.7. The van der Waals surface area contributed by atoms with Gasteiger partial charge < -0.3 is 9.80 Å². The van der Waals surface area contributed by atoms with Gasteiger partial charge in [-0.25, -0.2) is 0 Å². The molecule has 0 N–H and O–H groups in total. The molecule has 0 aliphatic heterocycles. The van der Waals surface area contributed by atoms with E-state index in [9.17, 15) is 5.26 Å². The van der Waals surface area contributed by atoms with Crippen molar-refractivity contribution in [2.75, 3.05) is 16.8 Å². The fourth-order valence-electron chi connectivity index (χ4n) is 5.04. The van der Waals surface area contributed by atoms with Crippen LogP contribution in [-0.2, 0) is 0 Å². The number of fused-ring (bicyclic) bond motifs is 1. The number of rotatable bonds is 6. The molecular formula is C36H27N3. The fourth-order valence-corrected chi connectivity index (χ4v) is 5.04. The van der Waals surface area contributed by atoms with Gasteiger partial charge in [-0.15, -0.1) is 0 Å². The van der Waals surface area contributed by atoms with Crippen LogP contribution in [0.5, 0.6) is 0 Å². The van der Waals surface area contributed by atoms with Crippen LogP contribution in [-0.4, -0.2) is 7.05 Å². The van der Waals surface area contributed by atoms with Crippen LogP contribution in [0.2, 0.25) is 0 Å². The van der Waals surface area contributed by atoms with Gasteiger partial charge in [-0.3, -0.25) is 0 Å². The van der Waals surface area contributed by atoms with E-state index in [1.807, 2.05) is 37.4 Å². The molecule has 0 aromatic heterocycles. The van der Waals surface area contributed by atoms with Crippen molar-refractivity contribution >= 4 is 39.2 Å². The molecule has 0 atom stereocenters. The quantitative estimate of drug-likeness (QED) is 0.228. The van der Waals surface area contributed by atoms with Crippen LogP contribution < -0.4 is 9.80 Å². The Labute approximate surface area is 229 Å². The van der Waals surface area contributed by atoms with Crippen LogP contribution in [0.3, 0.4) is 0 Å². The van der Waals surface area contributed by atoms with Gasteiger partial charge in [0.05, 0.1) is 17.3 Å². The molecule has 0 saturated carbocycles. The maximum Gasteiger partial charge on any atom is 0.0992 e. The molecular weight excluding hydrogens is 474 g/mol. The molecule has 186 valence electrons. The maximum atomic E-state index is 9.32. The molecule has 0 heterocycles. The first-order valence-electron chi connectivity index (χ1n) is 13.0. The minimum atomic E-state index is 0.649. The van der Waals surface area contributed by atoms with Gasteiger partial charge in [-0.1, -0.05) is 84.9 Å². The lowest BCUT2D eigenvalue weighted by Gasteiger charge is -2.28. The highest BCUT2D eigenvalue weighted by molar-refractivity contribution is 5.99. The van der Waals surface area contributed by atoms with Crippen molar-refractivity contribution in [2.45, 2.75) is 0 Å². The van der Waals surface area contributed by atoms with E-state index in [0.29, 0.717) is 5.56 Å². The lowest BCUT2D eigenvalue weighted by atomic mass is 10.0. The van der Waals surface area contributed by atoms with Gasteiger partial charge >= 0.3 is 0 Å². The SMILES string of the molecule is CN(c1ccc(N(c2cccc(-c3ccccc3)c2)c2cccc3ccccc23)cc1)c1cccc(C#N)c1. The standard InChI is InChI=1S/C36H27N3/c1-38(33-16-7-10-27(24-33)26-37)31-20-22-32(23-21-31)39(36-19-9-14-29-13-5-6-18-35(29)36)34-17-8-15-30(25-34)28-11-3-2-4-12-28/h2-25H,1H3. The Kier molecular flexibility index (Phi) is 6.52. The molecule has 0 aliphatic carbocycles. The molecule has 0 unspecified atom stereocenters. The van der Waals surface area contributed by atoms with Crippen molar-refractivity contribution in [3.05, 3.63) is 151 Å². The van der Waals surface area contributed by atoms with Crippen molar-refractivity contribution in [2.24, 2.45) is 0 Å². The Hall–Kier alpha value is -5.33. The topological polar surface area (TPSA) is 30.3 Å². The predicted molar refractivity (Wildman–Crippen MR) is 163 cm³/mol. The van der Waals surface area contributed by atoms with Crippen molar-refractivity contribution in [3.63, 3.8) is 0 Å². The van der Waals surface area contributed by atoms with E-state index in [0.717, 1.165) is 28.4 Å². The van der Waals surface area contributed by atoms with Crippen molar-refractivity contribution in [1.82, 2.24) is 0 Å². The molecule has 0 saturated heterocycles. The second kappa shape index (κ2) is 10.6. The van der Waals surface area contributed by atoms with Crippen LogP contribution in [0.15, 0.2) is 146 Å². The summed E-state index contributed by atoms with van der Waals surface area (Å²) in [6.07, 6.45) is 0. The number of hydrogen-bond donors (Lipinski definition) is 0. The fraction of sp³-hybridized carbons (Fsp3) is 0.0278. The van der Waals surface area contributed by atoms with Crippen molar-refractivity contribution < 1.29 is 0 Å². The Bertz CT molecular complexity index is 1780. The summed E-state index contributed by atoms with van der Waals surface area (Å²) in [4.78, 5) is 4.43. The summed E-state index contributed by atoms with van der Waals surface area (Å²) < 4.78 is 0. The van der Waals surface area contributed by atoms with Gasteiger partial charge in [0, 0.05) is 35.2 Å². The smallest absolute Gasteiger partial charge is 0.0992 e. The highest BCUT2D eigenvalue weighted by Crippen LogP contribution is 2.40. The van der Waals surface area contributed by atoms with Gasteiger partial charge in [-0.05, 0) is 77.2 Å². The molecule has 3 heteroatoms. The van der Waals surface area contributed by atoms with E-state index in [-0.39, 0.29) is 0 Å². The number of anilines is 5. The number of benzene rings is 6. The molecule has 6 aromatic rings. The van der Waals surface area contributed by atoms with E-state index < -0.39 is 0 Å². The lowest BCUT2D eigenvalue weighted by Crippen LogP contribution is -2.12. The van der Waals surface area contributed by atoms with E-state index in [1.165, 1.54) is 21.9 Å². The highest BCUT2D eigenvalue weighted by Gasteiger charge is 2.16. The van der Waals surface area contributed by atoms with E-state index in [1.54, 1.807) is 0 Å². The van der Waals surface area contributed by atoms with E-state index >= 15 is 0 Å². The van der Waals surface area contributed by atoms with Crippen LogP contribution in [0.4, 0.5) is 28.4 Å². The molecule has 0 amide bonds. The Morgan fingerprint density at radius 2 is 1.15 bits per heavy atom.